The minimum Gasteiger partial charge on any atom is -0.510 e. The average molecular weight is 285 g/mol. The molecule has 1 unspecified atom stereocenters. The summed E-state index contributed by atoms with van der Waals surface area (Å²) in [6.45, 7) is 9.05. The molecule has 6 nitrogen and oxygen atoms in total. The van der Waals surface area contributed by atoms with Crippen LogP contribution in [-0.2, 0) is 14.3 Å². The number of hydrogen-bond acceptors (Lipinski definition) is 5. The van der Waals surface area contributed by atoms with Crippen molar-refractivity contribution in [3.05, 3.63) is 11.3 Å². The first-order valence-corrected chi connectivity index (χ1v) is 6.73. The standard InChI is InChI=1S/C14H23NO5/c1-6-19-12(17)10-7-9(2)15(8-11(10)16)13(18)20-14(3,4)5/h9,16H,6-8H2,1-5H3. The molecule has 1 atom stereocenters. The SMILES string of the molecule is CCOC(=O)C1=C(O)CN(C(=O)OC(C)(C)C)C(C)C1. The van der Waals surface area contributed by atoms with E-state index >= 15 is 0 Å². The molecule has 1 aliphatic heterocycles. The van der Waals surface area contributed by atoms with Crippen molar-refractivity contribution in [1.82, 2.24) is 4.90 Å². The highest BCUT2D eigenvalue weighted by Crippen LogP contribution is 2.24. The van der Waals surface area contributed by atoms with Gasteiger partial charge in [0.05, 0.1) is 18.7 Å². The summed E-state index contributed by atoms with van der Waals surface area (Å²) in [4.78, 5) is 25.1. The second-order valence-corrected chi connectivity index (χ2v) is 5.81. The normalized spacial score (nSPS) is 19.9. The molecule has 6 heteroatoms. The third-order valence-electron chi connectivity index (χ3n) is 2.85. The van der Waals surface area contributed by atoms with Crippen LogP contribution in [0.15, 0.2) is 11.3 Å². The summed E-state index contributed by atoms with van der Waals surface area (Å²) in [6.07, 6.45) is -0.247. The van der Waals surface area contributed by atoms with Crippen LogP contribution in [0.2, 0.25) is 0 Å². The average Bonchev–Trinajstić information content (AvgIpc) is 2.29. The smallest absolute Gasteiger partial charge is 0.410 e. The fraction of sp³-hybridized carbons (Fsp3) is 0.714. The Bertz CT molecular complexity index is 422. The first-order chi connectivity index (χ1) is 9.15. The van der Waals surface area contributed by atoms with Crippen LogP contribution in [0.5, 0.6) is 0 Å². The highest BCUT2D eigenvalue weighted by molar-refractivity contribution is 5.89. The summed E-state index contributed by atoms with van der Waals surface area (Å²) in [5.41, 5.74) is -0.364. The molecular weight excluding hydrogens is 262 g/mol. The summed E-state index contributed by atoms with van der Waals surface area (Å²) < 4.78 is 10.2. The van der Waals surface area contributed by atoms with E-state index in [0.29, 0.717) is 0 Å². The van der Waals surface area contributed by atoms with E-state index in [4.69, 9.17) is 9.47 Å². The predicted octanol–water partition coefficient (Wildman–Crippen LogP) is 2.39. The van der Waals surface area contributed by atoms with E-state index in [-0.39, 0.29) is 36.9 Å². The van der Waals surface area contributed by atoms with Gasteiger partial charge in [-0.3, -0.25) is 4.90 Å². The number of aliphatic hydroxyl groups excluding tert-OH is 1. The zero-order valence-electron chi connectivity index (χ0n) is 12.7. The van der Waals surface area contributed by atoms with Gasteiger partial charge >= 0.3 is 12.1 Å². The first-order valence-electron chi connectivity index (χ1n) is 6.73. The van der Waals surface area contributed by atoms with Crippen molar-refractivity contribution in [2.24, 2.45) is 0 Å². The van der Waals surface area contributed by atoms with Gasteiger partial charge in [-0.1, -0.05) is 0 Å². The van der Waals surface area contributed by atoms with E-state index < -0.39 is 17.7 Å². The Morgan fingerprint density at radius 3 is 2.50 bits per heavy atom. The Morgan fingerprint density at radius 1 is 1.40 bits per heavy atom. The zero-order valence-corrected chi connectivity index (χ0v) is 12.7. The highest BCUT2D eigenvalue weighted by Gasteiger charge is 2.34. The topological polar surface area (TPSA) is 76.1 Å². The van der Waals surface area contributed by atoms with E-state index in [1.807, 2.05) is 0 Å². The molecule has 0 saturated heterocycles. The number of rotatable bonds is 2. The second kappa shape index (κ2) is 6.15. The van der Waals surface area contributed by atoms with Gasteiger partial charge in [0.2, 0.25) is 0 Å². The molecule has 1 rings (SSSR count). The van der Waals surface area contributed by atoms with Crippen LogP contribution in [0.25, 0.3) is 0 Å². The molecule has 20 heavy (non-hydrogen) atoms. The minimum atomic E-state index is -0.600. The maximum absolute atomic E-state index is 12.0. The Kier molecular flexibility index (Phi) is 5.03. The van der Waals surface area contributed by atoms with Gasteiger partial charge in [0.1, 0.15) is 11.4 Å². The summed E-state index contributed by atoms with van der Waals surface area (Å²) in [5.74, 6) is -0.659. The Balaban J connectivity index is 2.82. The van der Waals surface area contributed by atoms with Crippen LogP contribution in [-0.4, -0.2) is 46.9 Å². The number of amides is 1. The molecule has 0 aromatic heterocycles. The Labute approximate surface area is 119 Å². The maximum atomic E-state index is 12.0. The zero-order chi connectivity index (χ0) is 15.5. The van der Waals surface area contributed by atoms with Crippen LogP contribution in [0.1, 0.15) is 41.0 Å². The molecule has 0 saturated carbocycles. The number of carbonyl (C=O) groups excluding carboxylic acids is 2. The molecule has 114 valence electrons. The van der Waals surface area contributed by atoms with Crippen LogP contribution in [0.3, 0.4) is 0 Å². The van der Waals surface area contributed by atoms with Gasteiger partial charge in [0.15, 0.2) is 0 Å². The molecule has 0 aliphatic carbocycles. The van der Waals surface area contributed by atoms with Crippen molar-refractivity contribution >= 4 is 12.1 Å². The quantitative estimate of drug-likeness (QED) is 0.788. The van der Waals surface area contributed by atoms with Crippen molar-refractivity contribution in [3.63, 3.8) is 0 Å². The Morgan fingerprint density at radius 2 is 2.00 bits per heavy atom. The van der Waals surface area contributed by atoms with Gasteiger partial charge in [0.25, 0.3) is 0 Å². The number of esters is 1. The van der Waals surface area contributed by atoms with Crippen molar-refractivity contribution in [2.45, 2.75) is 52.7 Å². The van der Waals surface area contributed by atoms with Gasteiger partial charge < -0.3 is 14.6 Å². The molecule has 0 aromatic rings. The maximum Gasteiger partial charge on any atom is 0.410 e. The molecule has 0 fully saturated rings. The lowest BCUT2D eigenvalue weighted by atomic mass is 10.0. The third-order valence-corrected chi connectivity index (χ3v) is 2.85. The summed E-state index contributed by atoms with van der Waals surface area (Å²) in [5, 5.41) is 9.93. The number of hydrogen-bond donors (Lipinski definition) is 1. The third kappa shape index (κ3) is 4.15. The van der Waals surface area contributed by atoms with E-state index in [0.717, 1.165) is 0 Å². The fourth-order valence-corrected chi connectivity index (χ4v) is 1.92. The monoisotopic (exact) mass is 285 g/mol. The predicted molar refractivity (Wildman–Crippen MR) is 73.3 cm³/mol. The van der Waals surface area contributed by atoms with Gasteiger partial charge in [-0.25, -0.2) is 9.59 Å². The van der Waals surface area contributed by atoms with Crippen LogP contribution in [0.4, 0.5) is 4.79 Å². The number of carbonyl (C=O) groups is 2. The van der Waals surface area contributed by atoms with Crippen LogP contribution >= 0.6 is 0 Å². The molecule has 0 bridgehead atoms. The summed E-state index contributed by atoms with van der Waals surface area (Å²) in [7, 11) is 0. The van der Waals surface area contributed by atoms with Gasteiger partial charge in [-0.05, 0) is 34.6 Å². The summed E-state index contributed by atoms with van der Waals surface area (Å²) >= 11 is 0. The van der Waals surface area contributed by atoms with Crippen molar-refractivity contribution in [2.75, 3.05) is 13.2 Å². The van der Waals surface area contributed by atoms with E-state index in [1.165, 1.54) is 4.90 Å². The molecule has 0 aromatic carbocycles. The summed E-state index contributed by atoms with van der Waals surface area (Å²) in [6, 6.07) is -0.236. The molecule has 1 amide bonds. The van der Waals surface area contributed by atoms with Crippen molar-refractivity contribution < 1.29 is 24.2 Å². The highest BCUT2D eigenvalue weighted by atomic mass is 16.6. The number of aliphatic hydroxyl groups is 1. The van der Waals surface area contributed by atoms with E-state index in [2.05, 4.69) is 0 Å². The first kappa shape index (κ1) is 16.3. The lowest BCUT2D eigenvalue weighted by Gasteiger charge is -2.35. The second-order valence-electron chi connectivity index (χ2n) is 5.81. The van der Waals surface area contributed by atoms with Gasteiger partial charge in [-0.2, -0.15) is 0 Å². The van der Waals surface area contributed by atoms with Crippen LogP contribution in [0, 0.1) is 0 Å². The van der Waals surface area contributed by atoms with E-state index in [9.17, 15) is 14.7 Å². The van der Waals surface area contributed by atoms with Gasteiger partial charge in [-0.15, -0.1) is 0 Å². The molecule has 1 N–H and O–H groups in total. The Hall–Kier alpha value is -1.72. The fourth-order valence-electron chi connectivity index (χ4n) is 1.92. The molecular formula is C14H23NO5. The van der Waals surface area contributed by atoms with Crippen molar-refractivity contribution in [1.29, 1.82) is 0 Å². The molecule has 1 aliphatic rings. The minimum absolute atomic E-state index is 0.0375. The molecule has 0 spiro atoms. The van der Waals surface area contributed by atoms with Crippen molar-refractivity contribution in [3.8, 4) is 0 Å². The van der Waals surface area contributed by atoms with E-state index in [1.54, 1.807) is 34.6 Å². The number of nitrogens with zero attached hydrogens (tertiary/aromatic N) is 1. The van der Waals surface area contributed by atoms with Crippen LogP contribution < -0.4 is 0 Å². The molecule has 0 radical (unpaired) electrons. The lowest BCUT2D eigenvalue weighted by Crippen LogP contribution is -2.46. The van der Waals surface area contributed by atoms with Gasteiger partial charge in [0, 0.05) is 12.5 Å². The molecule has 1 heterocycles. The lowest BCUT2D eigenvalue weighted by molar-refractivity contribution is -0.139. The largest absolute Gasteiger partial charge is 0.510 e. The number of ether oxygens (including phenoxy) is 2.